The lowest BCUT2D eigenvalue weighted by Crippen LogP contribution is -2.44. The highest BCUT2D eigenvalue weighted by molar-refractivity contribution is 5.96. The van der Waals surface area contributed by atoms with Crippen LogP contribution in [0.5, 0.6) is 0 Å². The molecule has 0 aliphatic carbocycles. The fourth-order valence-corrected chi connectivity index (χ4v) is 2.95. The summed E-state index contributed by atoms with van der Waals surface area (Å²) in [5.41, 5.74) is 7.69. The van der Waals surface area contributed by atoms with E-state index >= 15 is 0 Å². The quantitative estimate of drug-likeness (QED) is 0.928. The molecule has 0 radical (unpaired) electrons. The van der Waals surface area contributed by atoms with Crippen molar-refractivity contribution < 1.29 is 4.79 Å². The van der Waals surface area contributed by atoms with Gasteiger partial charge in [-0.2, -0.15) is 0 Å². The van der Waals surface area contributed by atoms with Gasteiger partial charge < -0.3 is 10.6 Å². The molecular weight excluding hydrogens is 272 g/mol. The van der Waals surface area contributed by atoms with Crippen LogP contribution in [0.2, 0.25) is 0 Å². The van der Waals surface area contributed by atoms with Crippen molar-refractivity contribution in [2.24, 2.45) is 5.73 Å². The van der Waals surface area contributed by atoms with Gasteiger partial charge in [-0.15, -0.1) is 12.4 Å². The standard InChI is InChI=1S/C16H24N2O.ClH/c1-2-13-7-3-4-9-15(13)16(19)18-12-6-5-8-14(18)10-11-17;/h3-4,7,9,14H,2,5-6,8,10-12,17H2,1H3;1H. The number of halogens is 1. The zero-order valence-corrected chi connectivity index (χ0v) is 13.0. The van der Waals surface area contributed by atoms with Crippen molar-refractivity contribution in [1.29, 1.82) is 0 Å². The van der Waals surface area contributed by atoms with Gasteiger partial charge in [0, 0.05) is 18.2 Å². The first kappa shape index (κ1) is 17.0. The number of likely N-dealkylation sites (tertiary alicyclic amines) is 1. The number of rotatable bonds is 4. The van der Waals surface area contributed by atoms with Crippen LogP contribution in [0.4, 0.5) is 0 Å². The maximum atomic E-state index is 12.7. The van der Waals surface area contributed by atoms with E-state index in [9.17, 15) is 4.79 Å². The predicted molar refractivity (Wildman–Crippen MR) is 85.4 cm³/mol. The van der Waals surface area contributed by atoms with Crippen molar-refractivity contribution >= 4 is 18.3 Å². The first-order valence-corrected chi connectivity index (χ1v) is 7.36. The smallest absolute Gasteiger partial charge is 0.254 e. The summed E-state index contributed by atoms with van der Waals surface area (Å²) in [6, 6.07) is 8.29. The summed E-state index contributed by atoms with van der Waals surface area (Å²) < 4.78 is 0. The molecule has 1 fully saturated rings. The minimum absolute atomic E-state index is 0. The van der Waals surface area contributed by atoms with E-state index in [1.807, 2.05) is 23.1 Å². The van der Waals surface area contributed by atoms with E-state index in [0.717, 1.165) is 43.4 Å². The van der Waals surface area contributed by atoms with E-state index < -0.39 is 0 Å². The lowest BCUT2D eigenvalue weighted by atomic mass is 9.96. The monoisotopic (exact) mass is 296 g/mol. The Balaban J connectivity index is 0.00000200. The van der Waals surface area contributed by atoms with Gasteiger partial charge in [-0.05, 0) is 50.3 Å². The third-order valence-corrected chi connectivity index (χ3v) is 4.02. The molecule has 1 aliphatic rings. The molecule has 0 bridgehead atoms. The van der Waals surface area contributed by atoms with Gasteiger partial charge in [0.1, 0.15) is 0 Å². The maximum Gasteiger partial charge on any atom is 0.254 e. The van der Waals surface area contributed by atoms with Crippen molar-refractivity contribution in [3.63, 3.8) is 0 Å². The van der Waals surface area contributed by atoms with Gasteiger partial charge in [0.05, 0.1) is 0 Å². The Morgan fingerprint density at radius 2 is 2.10 bits per heavy atom. The highest BCUT2D eigenvalue weighted by atomic mass is 35.5. The molecule has 1 saturated heterocycles. The van der Waals surface area contributed by atoms with Gasteiger partial charge in [-0.1, -0.05) is 25.1 Å². The van der Waals surface area contributed by atoms with Crippen molar-refractivity contribution in [2.75, 3.05) is 13.1 Å². The van der Waals surface area contributed by atoms with Gasteiger partial charge in [-0.25, -0.2) is 0 Å². The number of carbonyl (C=O) groups excluding carboxylic acids is 1. The van der Waals surface area contributed by atoms with Crippen LogP contribution in [0, 0.1) is 0 Å². The van der Waals surface area contributed by atoms with Crippen molar-refractivity contribution in [2.45, 2.75) is 45.1 Å². The zero-order chi connectivity index (χ0) is 13.7. The van der Waals surface area contributed by atoms with Gasteiger partial charge in [-0.3, -0.25) is 4.79 Å². The Bertz CT molecular complexity index is 434. The molecular formula is C16H25ClN2O. The molecule has 2 rings (SSSR count). The second-order valence-electron chi connectivity index (χ2n) is 5.24. The largest absolute Gasteiger partial charge is 0.336 e. The van der Waals surface area contributed by atoms with Gasteiger partial charge in [0.2, 0.25) is 0 Å². The summed E-state index contributed by atoms with van der Waals surface area (Å²) in [6.45, 7) is 3.63. The molecule has 4 heteroatoms. The Hall–Kier alpha value is -1.06. The Labute approximate surface area is 127 Å². The number of aryl methyl sites for hydroxylation is 1. The number of hydrogen-bond acceptors (Lipinski definition) is 2. The van der Waals surface area contributed by atoms with Gasteiger partial charge in [0.25, 0.3) is 5.91 Å². The molecule has 112 valence electrons. The molecule has 1 aromatic carbocycles. The molecule has 1 aromatic rings. The fraction of sp³-hybridized carbons (Fsp3) is 0.562. The maximum absolute atomic E-state index is 12.7. The Kier molecular flexibility index (Phi) is 7.03. The van der Waals surface area contributed by atoms with E-state index in [1.54, 1.807) is 0 Å². The van der Waals surface area contributed by atoms with Crippen molar-refractivity contribution in [3.05, 3.63) is 35.4 Å². The fourth-order valence-electron chi connectivity index (χ4n) is 2.95. The number of hydrogen-bond donors (Lipinski definition) is 1. The SMILES string of the molecule is CCc1ccccc1C(=O)N1CCCCC1CCN.Cl. The zero-order valence-electron chi connectivity index (χ0n) is 12.2. The molecule has 1 aliphatic heterocycles. The minimum atomic E-state index is 0. The van der Waals surface area contributed by atoms with Gasteiger partial charge >= 0.3 is 0 Å². The topological polar surface area (TPSA) is 46.3 Å². The van der Waals surface area contributed by atoms with Crippen LogP contribution in [0.15, 0.2) is 24.3 Å². The van der Waals surface area contributed by atoms with Crippen LogP contribution >= 0.6 is 12.4 Å². The second-order valence-corrected chi connectivity index (χ2v) is 5.24. The van der Waals surface area contributed by atoms with Crippen LogP contribution in [0.25, 0.3) is 0 Å². The normalized spacial score (nSPS) is 18.5. The number of carbonyl (C=O) groups is 1. The summed E-state index contributed by atoms with van der Waals surface area (Å²) in [7, 11) is 0. The third-order valence-electron chi connectivity index (χ3n) is 4.02. The van der Waals surface area contributed by atoms with Crippen molar-refractivity contribution in [1.82, 2.24) is 4.90 Å². The van der Waals surface area contributed by atoms with E-state index in [0.29, 0.717) is 12.6 Å². The molecule has 1 atom stereocenters. The molecule has 2 N–H and O–H groups in total. The van der Waals surface area contributed by atoms with Crippen LogP contribution in [-0.2, 0) is 6.42 Å². The number of nitrogens with zero attached hydrogens (tertiary/aromatic N) is 1. The average molecular weight is 297 g/mol. The molecule has 3 nitrogen and oxygen atoms in total. The van der Waals surface area contributed by atoms with E-state index in [-0.39, 0.29) is 18.3 Å². The van der Waals surface area contributed by atoms with Gasteiger partial charge in [0.15, 0.2) is 0 Å². The molecule has 1 heterocycles. The summed E-state index contributed by atoms with van der Waals surface area (Å²) in [5.74, 6) is 0.190. The Morgan fingerprint density at radius 1 is 1.35 bits per heavy atom. The van der Waals surface area contributed by atoms with E-state index in [1.165, 1.54) is 6.42 Å². The lowest BCUT2D eigenvalue weighted by molar-refractivity contribution is 0.0604. The van der Waals surface area contributed by atoms with Crippen LogP contribution in [0.1, 0.15) is 48.5 Å². The number of piperidine rings is 1. The first-order valence-electron chi connectivity index (χ1n) is 7.36. The van der Waals surface area contributed by atoms with E-state index in [4.69, 9.17) is 5.73 Å². The lowest BCUT2D eigenvalue weighted by Gasteiger charge is -2.36. The van der Waals surface area contributed by atoms with Crippen LogP contribution in [-0.4, -0.2) is 29.9 Å². The minimum Gasteiger partial charge on any atom is -0.336 e. The summed E-state index contributed by atoms with van der Waals surface area (Å²) in [4.78, 5) is 14.8. The van der Waals surface area contributed by atoms with Crippen LogP contribution < -0.4 is 5.73 Å². The molecule has 0 saturated carbocycles. The summed E-state index contributed by atoms with van der Waals surface area (Å²) >= 11 is 0. The highest BCUT2D eigenvalue weighted by Gasteiger charge is 2.27. The third kappa shape index (κ3) is 3.74. The Morgan fingerprint density at radius 3 is 2.80 bits per heavy atom. The summed E-state index contributed by atoms with van der Waals surface area (Å²) in [5, 5.41) is 0. The average Bonchev–Trinajstić information content (AvgIpc) is 2.47. The molecule has 0 spiro atoms. The predicted octanol–water partition coefficient (Wildman–Crippen LogP) is 3.01. The highest BCUT2D eigenvalue weighted by Crippen LogP contribution is 2.23. The number of amides is 1. The number of benzene rings is 1. The molecule has 0 aromatic heterocycles. The van der Waals surface area contributed by atoms with Crippen LogP contribution in [0.3, 0.4) is 0 Å². The summed E-state index contributed by atoms with van der Waals surface area (Å²) in [6.07, 6.45) is 5.24. The molecule has 20 heavy (non-hydrogen) atoms. The van der Waals surface area contributed by atoms with E-state index in [2.05, 4.69) is 13.0 Å². The second kappa shape index (κ2) is 8.28. The molecule has 1 amide bonds. The van der Waals surface area contributed by atoms with Crippen molar-refractivity contribution in [3.8, 4) is 0 Å². The first-order chi connectivity index (χ1) is 9.27. The number of nitrogens with two attached hydrogens (primary N) is 1. The molecule has 1 unspecified atom stereocenters.